The van der Waals surface area contributed by atoms with Crippen molar-refractivity contribution in [2.24, 2.45) is 17.8 Å². The summed E-state index contributed by atoms with van der Waals surface area (Å²) in [6, 6.07) is 18.3. The van der Waals surface area contributed by atoms with Crippen molar-refractivity contribution in [2.75, 3.05) is 32.8 Å². The molecule has 1 unspecified atom stereocenters. The molecule has 2 aromatic carbocycles. The Bertz CT molecular complexity index is 962. The normalized spacial score (nSPS) is 22.3. The first-order valence-corrected chi connectivity index (χ1v) is 11.9. The van der Waals surface area contributed by atoms with Crippen LogP contribution < -0.4 is 10.1 Å². The van der Waals surface area contributed by atoms with E-state index in [4.69, 9.17) is 21.1 Å². The van der Waals surface area contributed by atoms with E-state index in [9.17, 15) is 10.1 Å². The molecule has 174 valence electrons. The second-order valence-electron chi connectivity index (χ2n) is 8.75. The van der Waals surface area contributed by atoms with E-state index in [0.717, 1.165) is 54.4 Å². The van der Waals surface area contributed by atoms with Gasteiger partial charge in [-0.05, 0) is 60.6 Å². The Morgan fingerprint density at radius 3 is 2.45 bits per heavy atom. The minimum atomic E-state index is -0.775. The van der Waals surface area contributed by atoms with Crippen molar-refractivity contribution in [3.05, 3.63) is 64.7 Å². The lowest BCUT2D eigenvalue weighted by Gasteiger charge is -2.20. The van der Waals surface area contributed by atoms with Gasteiger partial charge in [0.15, 0.2) is 0 Å². The summed E-state index contributed by atoms with van der Waals surface area (Å²) in [7, 11) is 0. The molecule has 4 rings (SSSR count). The number of benzene rings is 2. The molecule has 2 aliphatic rings. The number of rotatable bonds is 11. The van der Waals surface area contributed by atoms with E-state index in [1.165, 1.54) is 5.56 Å². The van der Waals surface area contributed by atoms with E-state index in [0.29, 0.717) is 19.1 Å². The molecule has 2 aromatic rings. The molecule has 0 radical (unpaired) electrons. The molecule has 2 fully saturated rings. The highest BCUT2D eigenvalue weighted by Crippen LogP contribution is 2.45. The van der Waals surface area contributed by atoms with Crippen molar-refractivity contribution in [3.63, 3.8) is 0 Å². The molecule has 7 heteroatoms. The number of fused-ring (bicyclic) bond motifs is 1. The number of hydrogen-bond acceptors (Lipinski definition) is 6. The minimum absolute atomic E-state index is 0.281. The second-order valence-corrected chi connectivity index (χ2v) is 9.19. The average molecular weight is 468 g/mol. The van der Waals surface area contributed by atoms with E-state index in [-0.39, 0.29) is 6.61 Å². The number of esters is 1. The van der Waals surface area contributed by atoms with E-state index < -0.39 is 11.9 Å². The summed E-state index contributed by atoms with van der Waals surface area (Å²) in [5.41, 5.74) is 2.18. The fraction of sp³-hybridized carbons (Fsp3) is 0.462. The third kappa shape index (κ3) is 6.26. The highest BCUT2D eigenvalue weighted by Gasteiger charge is 2.55. The third-order valence-corrected chi connectivity index (χ3v) is 6.74. The molecule has 1 heterocycles. The maximum atomic E-state index is 11.8. The topological polar surface area (TPSA) is 74.6 Å². The number of piperidine rings is 1. The number of likely N-dealkylation sites (tertiary alicyclic amines) is 1. The van der Waals surface area contributed by atoms with Crippen molar-refractivity contribution >= 4 is 17.6 Å². The summed E-state index contributed by atoms with van der Waals surface area (Å²) >= 11 is 5.95. The lowest BCUT2D eigenvalue weighted by atomic mass is 10.0. The quantitative estimate of drug-likeness (QED) is 0.508. The molecule has 0 amide bonds. The Labute approximate surface area is 200 Å². The zero-order valence-corrected chi connectivity index (χ0v) is 19.6. The van der Waals surface area contributed by atoms with Gasteiger partial charge in [-0.25, -0.2) is 0 Å². The summed E-state index contributed by atoms with van der Waals surface area (Å²) in [6.07, 6.45) is 0.347. The first kappa shape index (κ1) is 23.6. The zero-order chi connectivity index (χ0) is 23.2. The van der Waals surface area contributed by atoms with E-state index in [1.807, 2.05) is 42.5 Å². The number of ether oxygens (including phenoxy) is 2. The first-order valence-electron chi connectivity index (χ1n) is 11.6. The molecular weight excluding hydrogens is 438 g/mol. The summed E-state index contributed by atoms with van der Waals surface area (Å²) in [5.74, 6) is 1.04. The largest absolute Gasteiger partial charge is 0.492 e. The van der Waals surface area contributed by atoms with Crippen LogP contribution >= 0.6 is 11.6 Å². The highest BCUT2D eigenvalue weighted by atomic mass is 35.5. The van der Waals surface area contributed by atoms with Gasteiger partial charge in [-0.3, -0.25) is 9.69 Å². The van der Waals surface area contributed by atoms with Gasteiger partial charge < -0.3 is 14.8 Å². The molecule has 6 nitrogen and oxygen atoms in total. The molecule has 1 aliphatic carbocycles. The van der Waals surface area contributed by atoms with Gasteiger partial charge >= 0.3 is 5.97 Å². The number of nitrogens with one attached hydrogen (secondary N) is 1. The lowest BCUT2D eigenvalue weighted by molar-refractivity contribution is -0.145. The summed E-state index contributed by atoms with van der Waals surface area (Å²) in [4.78, 5) is 14.3. The number of carbonyl (C=O) groups excluding carboxylic acids is 1. The number of nitriles is 1. The fourth-order valence-electron chi connectivity index (χ4n) is 4.61. The van der Waals surface area contributed by atoms with Crippen molar-refractivity contribution in [1.29, 1.82) is 5.26 Å². The summed E-state index contributed by atoms with van der Waals surface area (Å²) in [6.45, 7) is 6.71. The Morgan fingerprint density at radius 1 is 1.15 bits per heavy atom. The minimum Gasteiger partial charge on any atom is -0.492 e. The molecule has 4 atom stereocenters. The van der Waals surface area contributed by atoms with Crippen LogP contribution in [0.25, 0.3) is 0 Å². The Hall–Kier alpha value is -2.59. The molecule has 0 aromatic heterocycles. The molecule has 1 aliphatic heterocycles. The smallest absolute Gasteiger partial charge is 0.323 e. The van der Waals surface area contributed by atoms with Gasteiger partial charge in [0.05, 0.1) is 12.7 Å². The van der Waals surface area contributed by atoms with Crippen LogP contribution in [-0.4, -0.2) is 49.8 Å². The Kier molecular flexibility index (Phi) is 7.87. The van der Waals surface area contributed by atoms with Crippen LogP contribution in [0.2, 0.25) is 5.02 Å². The van der Waals surface area contributed by atoms with Crippen molar-refractivity contribution < 1.29 is 14.3 Å². The first-order chi connectivity index (χ1) is 16.1. The van der Waals surface area contributed by atoms with Crippen LogP contribution in [0, 0.1) is 29.1 Å². The fourth-order valence-corrected chi connectivity index (χ4v) is 4.74. The maximum Gasteiger partial charge on any atom is 0.323 e. The van der Waals surface area contributed by atoms with Gasteiger partial charge in [-0.2, -0.15) is 5.26 Å². The number of carbonyl (C=O) groups is 1. The van der Waals surface area contributed by atoms with Gasteiger partial charge in [0.1, 0.15) is 18.3 Å². The molecule has 1 N–H and O–H groups in total. The maximum absolute atomic E-state index is 11.8. The van der Waals surface area contributed by atoms with Crippen LogP contribution in [-0.2, 0) is 22.5 Å². The lowest BCUT2D eigenvalue weighted by Crippen LogP contribution is -2.33. The molecule has 0 bridgehead atoms. The predicted octanol–water partition coefficient (Wildman–Crippen LogP) is 3.68. The van der Waals surface area contributed by atoms with Crippen LogP contribution in [0.3, 0.4) is 0 Å². The van der Waals surface area contributed by atoms with Gasteiger partial charge in [0.2, 0.25) is 0 Å². The number of halogens is 1. The average Bonchev–Trinajstić information content (AvgIpc) is 3.28. The van der Waals surface area contributed by atoms with Crippen LogP contribution in [0.4, 0.5) is 0 Å². The van der Waals surface area contributed by atoms with Crippen LogP contribution in [0.15, 0.2) is 48.5 Å². The second kappa shape index (κ2) is 11.0. The van der Waals surface area contributed by atoms with Gasteiger partial charge in [-0.15, -0.1) is 0 Å². The van der Waals surface area contributed by atoms with Crippen LogP contribution in [0.1, 0.15) is 18.1 Å². The van der Waals surface area contributed by atoms with E-state index >= 15 is 0 Å². The van der Waals surface area contributed by atoms with Gasteiger partial charge in [0, 0.05) is 37.2 Å². The van der Waals surface area contributed by atoms with E-state index in [2.05, 4.69) is 22.3 Å². The highest BCUT2D eigenvalue weighted by molar-refractivity contribution is 6.30. The van der Waals surface area contributed by atoms with Crippen molar-refractivity contribution in [2.45, 2.75) is 25.9 Å². The number of hydrogen-bond donors (Lipinski definition) is 1. The Morgan fingerprint density at radius 2 is 1.82 bits per heavy atom. The van der Waals surface area contributed by atoms with Crippen LogP contribution in [0.5, 0.6) is 5.75 Å². The SMILES string of the molecule is CCOC(=O)[C@H](C#N)Cc1ccc(OCCN2CC3[C@@H](C2)[C@@H]3NCc2ccc(Cl)cc2)cc1. The molecule has 1 saturated carbocycles. The molecule has 0 spiro atoms. The predicted molar refractivity (Wildman–Crippen MR) is 127 cm³/mol. The Balaban J connectivity index is 1.13. The summed E-state index contributed by atoms with van der Waals surface area (Å²) < 4.78 is 10.9. The van der Waals surface area contributed by atoms with Gasteiger partial charge in [-0.1, -0.05) is 35.9 Å². The van der Waals surface area contributed by atoms with Crippen molar-refractivity contribution in [3.8, 4) is 11.8 Å². The molecule has 33 heavy (non-hydrogen) atoms. The third-order valence-electron chi connectivity index (χ3n) is 6.49. The standard InChI is InChI=1S/C26H30ClN3O3/c1-2-32-26(31)20(14-28)13-18-5-9-22(10-6-18)33-12-11-30-16-23-24(17-30)25(23)29-15-19-3-7-21(27)8-4-19/h3-10,20,23-25,29H,2,11-13,15-17H2,1H3/t20-,23+,24?,25-/m0/s1. The van der Waals surface area contributed by atoms with Crippen molar-refractivity contribution in [1.82, 2.24) is 10.2 Å². The molecular formula is C26H30ClN3O3. The molecule has 1 saturated heterocycles. The monoisotopic (exact) mass is 467 g/mol. The van der Waals surface area contributed by atoms with E-state index in [1.54, 1.807) is 6.92 Å². The summed E-state index contributed by atoms with van der Waals surface area (Å²) in [5, 5.41) is 13.7. The van der Waals surface area contributed by atoms with Gasteiger partial charge in [0.25, 0.3) is 0 Å². The zero-order valence-electron chi connectivity index (χ0n) is 18.9. The number of nitrogens with zero attached hydrogens (tertiary/aromatic N) is 2.